The number of rotatable bonds is 22. The number of benzene rings is 2. The Labute approximate surface area is 254 Å². The molecule has 2 unspecified atom stereocenters. The van der Waals surface area contributed by atoms with Gasteiger partial charge in [0.15, 0.2) is 11.5 Å². The molecule has 0 aromatic heterocycles. The third-order valence-corrected chi connectivity index (χ3v) is 8.42. The molecule has 0 fully saturated rings. The van der Waals surface area contributed by atoms with Gasteiger partial charge in [-0.15, -0.1) is 0 Å². The van der Waals surface area contributed by atoms with Crippen LogP contribution in [0.3, 0.4) is 0 Å². The van der Waals surface area contributed by atoms with E-state index in [0.717, 1.165) is 62.0 Å². The van der Waals surface area contributed by atoms with Gasteiger partial charge >= 0.3 is 0 Å². The van der Waals surface area contributed by atoms with Gasteiger partial charge in [-0.25, -0.2) is 0 Å². The molecule has 0 aliphatic rings. The number of azo groups is 1. The van der Waals surface area contributed by atoms with Crippen molar-refractivity contribution >= 4 is 11.6 Å². The van der Waals surface area contributed by atoms with E-state index in [1.165, 1.54) is 63.4 Å². The third kappa shape index (κ3) is 12.4. The maximum atomic E-state index is 10.5. The first-order chi connectivity index (χ1) is 20.0. The molecule has 0 aliphatic carbocycles. The van der Waals surface area contributed by atoms with Crippen molar-refractivity contribution in [3.63, 3.8) is 0 Å². The SMILES string of the molecule is CCCCCCCCCCCCC(C#N)(CCCC(CCc1ccc(OC)c(OC)c1)/N=N/C)c1cccc(Cl)c1. The fraction of sp³-hybridized carbons (Fsp3) is 0.629. The Hall–Kier alpha value is -2.58. The number of ether oxygens (including phenoxy) is 2. The Bertz CT molecular complexity index is 1070. The predicted molar refractivity (Wildman–Crippen MR) is 171 cm³/mol. The zero-order chi connectivity index (χ0) is 29.8. The maximum Gasteiger partial charge on any atom is 0.160 e. The molecular weight excluding hydrogens is 530 g/mol. The molecule has 0 bridgehead atoms. The normalized spacial score (nSPS) is 13.6. The van der Waals surface area contributed by atoms with Gasteiger partial charge in [0.1, 0.15) is 0 Å². The van der Waals surface area contributed by atoms with E-state index in [0.29, 0.717) is 5.02 Å². The first-order valence-electron chi connectivity index (χ1n) is 15.7. The molecular formula is C35H52ClN3O2. The van der Waals surface area contributed by atoms with Crippen molar-refractivity contribution in [1.82, 2.24) is 0 Å². The number of hydrogen-bond donors (Lipinski definition) is 0. The molecule has 2 atom stereocenters. The molecule has 41 heavy (non-hydrogen) atoms. The van der Waals surface area contributed by atoms with Crippen molar-refractivity contribution in [1.29, 1.82) is 5.26 Å². The molecule has 0 N–H and O–H groups in total. The van der Waals surface area contributed by atoms with E-state index in [4.69, 9.17) is 21.1 Å². The Morgan fingerprint density at radius 2 is 1.49 bits per heavy atom. The zero-order valence-electron chi connectivity index (χ0n) is 26.0. The minimum Gasteiger partial charge on any atom is -0.493 e. The smallest absolute Gasteiger partial charge is 0.160 e. The first kappa shape index (κ1) is 34.6. The van der Waals surface area contributed by atoms with Crippen molar-refractivity contribution in [2.75, 3.05) is 21.3 Å². The van der Waals surface area contributed by atoms with Gasteiger partial charge in [-0.05, 0) is 73.9 Å². The van der Waals surface area contributed by atoms with Crippen molar-refractivity contribution < 1.29 is 9.47 Å². The Kier molecular flexibility index (Phi) is 17.2. The highest BCUT2D eigenvalue weighted by Crippen LogP contribution is 2.37. The standard InChI is InChI=1S/C35H52ClN3O2/c1-5-6-7-8-9-10-11-12-13-14-24-35(28-37,30-17-15-18-31(36)27-30)25-16-19-32(39-38-2)22-20-29-21-23-33(40-3)34(26-29)41-4/h15,17-18,21,23,26-27,32H,5-14,16,19-20,22,24-25H2,1-4H3/b39-38+. The quantitative estimate of drug-likeness (QED) is 0.102. The maximum absolute atomic E-state index is 10.5. The van der Waals surface area contributed by atoms with E-state index in [-0.39, 0.29) is 6.04 Å². The van der Waals surface area contributed by atoms with E-state index in [1.807, 2.05) is 30.3 Å². The number of hydrogen-bond acceptors (Lipinski definition) is 5. The molecule has 2 aromatic rings. The van der Waals surface area contributed by atoms with Crippen LogP contribution >= 0.6 is 11.6 Å². The van der Waals surface area contributed by atoms with Crippen molar-refractivity contribution in [3.8, 4) is 17.6 Å². The number of nitrogens with zero attached hydrogens (tertiary/aromatic N) is 3. The highest BCUT2D eigenvalue weighted by Gasteiger charge is 2.32. The summed E-state index contributed by atoms with van der Waals surface area (Å²) in [6, 6.07) is 16.8. The molecule has 0 saturated carbocycles. The molecule has 2 aromatic carbocycles. The lowest BCUT2D eigenvalue weighted by molar-refractivity contribution is 0.354. The summed E-state index contributed by atoms with van der Waals surface area (Å²) in [4.78, 5) is 0. The van der Waals surface area contributed by atoms with Crippen LogP contribution in [0.4, 0.5) is 0 Å². The van der Waals surface area contributed by atoms with Crippen LogP contribution in [0, 0.1) is 11.3 Å². The highest BCUT2D eigenvalue weighted by atomic mass is 35.5. The lowest BCUT2D eigenvalue weighted by atomic mass is 9.73. The third-order valence-electron chi connectivity index (χ3n) is 8.18. The van der Waals surface area contributed by atoms with Crippen molar-refractivity contribution in [3.05, 3.63) is 58.6 Å². The number of aryl methyl sites for hydroxylation is 1. The molecule has 5 nitrogen and oxygen atoms in total. The van der Waals surface area contributed by atoms with Crippen LogP contribution in [0.1, 0.15) is 114 Å². The molecule has 2 rings (SSSR count). The van der Waals surface area contributed by atoms with Gasteiger partial charge < -0.3 is 9.47 Å². The zero-order valence-corrected chi connectivity index (χ0v) is 26.7. The number of nitriles is 1. The molecule has 0 radical (unpaired) electrons. The van der Waals surface area contributed by atoms with Crippen LogP contribution in [0.5, 0.6) is 11.5 Å². The molecule has 0 aliphatic heterocycles. The summed E-state index contributed by atoms with van der Waals surface area (Å²) in [6.45, 7) is 2.27. The fourth-order valence-electron chi connectivity index (χ4n) is 5.72. The van der Waals surface area contributed by atoms with Gasteiger partial charge in [0.25, 0.3) is 0 Å². The van der Waals surface area contributed by atoms with E-state index >= 15 is 0 Å². The van der Waals surface area contributed by atoms with Crippen molar-refractivity contribution in [2.24, 2.45) is 10.2 Å². The van der Waals surface area contributed by atoms with Crippen LogP contribution in [-0.4, -0.2) is 27.3 Å². The van der Waals surface area contributed by atoms with E-state index in [9.17, 15) is 5.26 Å². The van der Waals surface area contributed by atoms with Crippen LogP contribution in [0.2, 0.25) is 5.02 Å². The lowest BCUT2D eigenvalue weighted by Gasteiger charge is -2.28. The molecule has 0 spiro atoms. The predicted octanol–water partition coefficient (Wildman–Crippen LogP) is 10.7. The number of halogens is 1. The Morgan fingerprint density at radius 3 is 2.10 bits per heavy atom. The summed E-state index contributed by atoms with van der Waals surface area (Å²) in [7, 11) is 5.04. The van der Waals surface area contributed by atoms with Gasteiger partial charge in [-0.2, -0.15) is 15.5 Å². The molecule has 6 heteroatoms. The van der Waals surface area contributed by atoms with Crippen LogP contribution < -0.4 is 9.47 Å². The van der Waals surface area contributed by atoms with E-state index in [2.05, 4.69) is 35.4 Å². The fourth-order valence-corrected chi connectivity index (χ4v) is 5.91. The summed E-state index contributed by atoms with van der Waals surface area (Å²) in [5, 5.41) is 19.9. The lowest BCUT2D eigenvalue weighted by Crippen LogP contribution is -2.25. The van der Waals surface area contributed by atoms with Gasteiger partial charge in [-0.3, -0.25) is 0 Å². The Morgan fingerprint density at radius 1 is 0.829 bits per heavy atom. The number of methoxy groups -OCH3 is 2. The van der Waals surface area contributed by atoms with E-state index in [1.54, 1.807) is 21.3 Å². The molecule has 0 heterocycles. The highest BCUT2D eigenvalue weighted by molar-refractivity contribution is 6.30. The topological polar surface area (TPSA) is 67.0 Å². The molecule has 0 saturated heterocycles. The second-order valence-corrected chi connectivity index (χ2v) is 11.7. The average Bonchev–Trinajstić information content (AvgIpc) is 2.99. The largest absolute Gasteiger partial charge is 0.493 e. The summed E-state index contributed by atoms with van der Waals surface area (Å²) in [6.07, 6.45) is 18.1. The second-order valence-electron chi connectivity index (χ2n) is 11.2. The summed E-state index contributed by atoms with van der Waals surface area (Å²) in [5.74, 6) is 1.48. The van der Waals surface area contributed by atoms with Crippen molar-refractivity contribution in [2.45, 2.75) is 121 Å². The monoisotopic (exact) mass is 581 g/mol. The van der Waals surface area contributed by atoms with Gasteiger partial charge in [0, 0.05) is 12.1 Å². The summed E-state index contributed by atoms with van der Waals surface area (Å²) < 4.78 is 10.8. The molecule has 226 valence electrons. The summed E-state index contributed by atoms with van der Waals surface area (Å²) in [5.41, 5.74) is 1.70. The number of unbranched alkanes of at least 4 members (excludes halogenated alkanes) is 9. The van der Waals surface area contributed by atoms with Gasteiger partial charge in [-0.1, -0.05) is 101 Å². The minimum absolute atomic E-state index is 0.112. The first-order valence-corrected chi connectivity index (χ1v) is 16.1. The van der Waals surface area contributed by atoms with Crippen LogP contribution in [-0.2, 0) is 11.8 Å². The van der Waals surface area contributed by atoms with E-state index < -0.39 is 5.41 Å². The van der Waals surface area contributed by atoms with Gasteiger partial charge in [0.2, 0.25) is 0 Å². The summed E-state index contributed by atoms with van der Waals surface area (Å²) >= 11 is 6.38. The second kappa shape index (κ2) is 20.3. The minimum atomic E-state index is -0.525. The van der Waals surface area contributed by atoms with Crippen LogP contribution in [0.15, 0.2) is 52.7 Å². The van der Waals surface area contributed by atoms with Crippen LogP contribution in [0.25, 0.3) is 0 Å². The Balaban J connectivity index is 1.95. The average molecular weight is 582 g/mol. The van der Waals surface area contributed by atoms with Gasteiger partial charge in [0.05, 0.1) is 31.7 Å². The molecule has 0 amide bonds.